The fourth-order valence-electron chi connectivity index (χ4n) is 3.67. The Balaban J connectivity index is 1.62. The van der Waals surface area contributed by atoms with Crippen LogP contribution in [-0.2, 0) is 11.3 Å². The molecule has 2 N–H and O–H groups in total. The maximum atomic E-state index is 12.7. The molecule has 3 rings (SSSR count). The number of methoxy groups -OCH3 is 1. The van der Waals surface area contributed by atoms with Crippen LogP contribution in [0.2, 0.25) is 0 Å². The summed E-state index contributed by atoms with van der Waals surface area (Å²) in [6, 6.07) is 11.0. The number of halogens is 1. The van der Waals surface area contributed by atoms with Gasteiger partial charge in [-0.15, -0.1) is 0 Å². The molecule has 0 atom stereocenters. The normalized spacial score (nSPS) is 13.6. The molecule has 0 heterocycles. The van der Waals surface area contributed by atoms with E-state index in [4.69, 9.17) is 9.47 Å². The van der Waals surface area contributed by atoms with Gasteiger partial charge in [0.25, 0.3) is 5.91 Å². The first-order chi connectivity index (χ1) is 15.0. The van der Waals surface area contributed by atoms with E-state index in [0.29, 0.717) is 34.7 Å². The minimum atomic E-state index is -0.221. The summed E-state index contributed by atoms with van der Waals surface area (Å²) in [5.74, 6) is 1.07. The number of carbonyl (C=O) groups is 2. The number of anilines is 1. The van der Waals surface area contributed by atoms with Crippen LogP contribution in [0.15, 0.2) is 40.9 Å². The number of ether oxygens (including phenoxy) is 2. The molecule has 0 saturated heterocycles. The van der Waals surface area contributed by atoms with Gasteiger partial charge in [-0.05, 0) is 65.0 Å². The molecule has 31 heavy (non-hydrogen) atoms. The van der Waals surface area contributed by atoms with Crippen molar-refractivity contribution in [1.29, 1.82) is 0 Å². The Morgan fingerprint density at radius 3 is 2.65 bits per heavy atom. The highest BCUT2D eigenvalue weighted by Gasteiger charge is 2.22. The molecular weight excluding hydrogens is 460 g/mol. The van der Waals surface area contributed by atoms with E-state index < -0.39 is 0 Å². The van der Waals surface area contributed by atoms with Crippen molar-refractivity contribution in [2.24, 2.45) is 5.92 Å². The van der Waals surface area contributed by atoms with Crippen molar-refractivity contribution in [3.8, 4) is 11.5 Å². The van der Waals surface area contributed by atoms with E-state index in [-0.39, 0.29) is 17.7 Å². The third-order valence-corrected chi connectivity index (χ3v) is 5.90. The number of carbonyl (C=O) groups excluding carboxylic acids is 2. The zero-order chi connectivity index (χ0) is 22.2. The van der Waals surface area contributed by atoms with E-state index in [9.17, 15) is 9.59 Å². The smallest absolute Gasteiger partial charge is 0.251 e. The minimum Gasteiger partial charge on any atom is -0.493 e. The van der Waals surface area contributed by atoms with Gasteiger partial charge >= 0.3 is 0 Å². The van der Waals surface area contributed by atoms with Crippen molar-refractivity contribution in [1.82, 2.24) is 5.32 Å². The molecule has 0 aliphatic heterocycles. The van der Waals surface area contributed by atoms with Crippen molar-refractivity contribution in [3.05, 3.63) is 52.0 Å². The van der Waals surface area contributed by atoms with E-state index in [1.54, 1.807) is 19.2 Å². The summed E-state index contributed by atoms with van der Waals surface area (Å²) in [6.45, 7) is 2.94. The monoisotopic (exact) mass is 488 g/mol. The number of hydrogen-bond donors (Lipinski definition) is 2. The summed E-state index contributed by atoms with van der Waals surface area (Å²) in [5, 5.41) is 5.92. The zero-order valence-electron chi connectivity index (χ0n) is 18.0. The maximum absolute atomic E-state index is 12.7. The van der Waals surface area contributed by atoms with Crippen LogP contribution in [0.5, 0.6) is 11.5 Å². The second-order valence-corrected chi connectivity index (χ2v) is 8.55. The van der Waals surface area contributed by atoms with Crippen molar-refractivity contribution >= 4 is 33.4 Å². The second-order valence-electron chi connectivity index (χ2n) is 7.69. The second kappa shape index (κ2) is 11.2. The Hall–Kier alpha value is -2.54. The molecule has 0 radical (unpaired) electrons. The highest BCUT2D eigenvalue weighted by molar-refractivity contribution is 9.10. The van der Waals surface area contributed by atoms with Gasteiger partial charge in [0, 0.05) is 23.7 Å². The van der Waals surface area contributed by atoms with Crippen LogP contribution in [0.25, 0.3) is 0 Å². The van der Waals surface area contributed by atoms with Crippen LogP contribution >= 0.6 is 15.9 Å². The number of nitrogens with one attached hydrogen (secondary N) is 2. The molecule has 166 valence electrons. The van der Waals surface area contributed by atoms with E-state index >= 15 is 0 Å². The van der Waals surface area contributed by atoms with Gasteiger partial charge in [-0.1, -0.05) is 31.9 Å². The molecular formula is C24H29BrN2O4. The predicted molar refractivity (Wildman–Crippen MR) is 125 cm³/mol. The molecule has 7 heteroatoms. The van der Waals surface area contributed by atoms with Gasteiger partial charge in [-0.2, -0.15) is 0 Å². The maximum Gasteiger partial charge on any atom is 0.251 e. The Labute approximate surface area is 191 Å². The lowest BCUT2D eigenvalue weighted by molar-refractivity contribution is -0.119. The fourth-order valence-corrected chi connectivity index (χ4v) is 4.23. The number of rotatable bonds is 9. The molecule has 0 unspecified atom stereocenters. The molecule has 1 aliphatic rings. The average molecular weight is 489 g/mol. The molecule has 0 spiro atoms. The first-order valence-corrected chi connectivity index (χ1v) is 11.5. The van der Waals surface area contributed by atoms with Gasteiger partial charge in [0.2, 0.25) is 5.91 Å². The van der Waals surface area contributed by atoms with Gasteiger partial charge in [0.05, 0.1) is 18.2 Å². The van der Waals surface area contributed by atoms with Crippen LogP contribution in [0.1, 0.15) is 54.9 Å². The van der Waals surface area contributed by atoms with Crippen LogP contribution < -0.4 is 20.1 Å². The molecule has 1 fully saturated rings. The summed E-state index contributed by atoms with van der Waals surface area (Å²) < 4.78 is 11.8. The molecule has 1 aliphatic carbocycles. The highest BCUT2D eigenvalue weighted by Crippen LogP contribution is 2.36. The van der Waals surface area contributed by atoms with E-state index in [1.807, 2.05) is 31.2 Å². The summed E-state index contributed by atoms with van der Waals surface area (Å²) >= 11 is 3.47. The highest BCUT2D eigenvalue weighted by atomic mass is 79.9. The van der Waals surface area contributed by atoms with E-state index in [1.165, 1.54) is 0 Å². The van der Waals surface area contributed by atoms with E-state index in [0.717, 1.165) is 43.4 Å². The molecule has 2 amide bonds. The zero-order valence-corrected chi connectivity index (χ0v) is 19.6. The van der Waals surface area contributed by atoms with Crippen LogP contribution in [-0.4, -0.2) is 25.5 Å². The van der Waals surface area contributed by atoms with Gasteiger partial charge in [0.15, 0.2) is 11.5 Å². The topological polar surface area (TPSA) is 76.7 Å². The lowest BCUT2D eigenvalue weighted by Gasteiger charge is -2.14. The molecule has 6 nitrogen and oxygen atoms in total. The Kier molecular flexibility index (Phi) is 8.35. The van der Waals surface area contributed by atoms with Crippen molar-refractivity contribution < 1.29 is 19.1 Å². The number of amides is 2. The quantitative estimate of drug-likeness (QED) is 0.501. The predicted octanol–water partition coefficient (Wildman–Crippen LogP) is 5.31. The average Bonchev–Trinajstić information content (AvgIpc) is 3.31. The summed E-state index contributed by atoms with van der Waals surface area (Å²) in [5.41, 5.74) is 2.13. The summed E-state index contributed by atoms with van der Waals surface area (Å²) in [7, 11) is 1.55. The molecule has 2 aromatic carbocycles. The third kappa shape index (κ3) is 6.23. The van der Waals surface area contributed by atoms with Crippen LogP contribution in [0, 0.1) is 5.92 Å². The number of benzene rings is 2. The lowest BCUT2D eigenvalue weighted by Crippen LogP contribution is -2.23. The standard InChI is InChI=1S/C24H29BrN2O4/c1-3-11-31-22-20(25)13-18(14-21(22)30-2)23(28)26-15-16-7-6-10-19(12-16)27-24(29)17-8-4-5-9-17/h6-7,10,12-14,17H,3-5,8-9,11,15H2,1-2H3,(H,26,28)(H,27,29). The first-order valence-electron chi connectivity index (χ1n) is 10.7. The van der Waals surface area contributed by atoms with Crippen molar-refractivity contribution in [2.75, 3.05) is 19.0 Å². The Bertz CT molecular complexity index is 926. The largest absolute Gasteiger partial charge is 0.493 e. The Morgan fingerprint density at radius 2 is 1.94 bits per heavy atom. The Morgan fingerprint density at radius 1 is 1.16 bits per heavy atom. The molecule has 1 saturated carbocycles. The van der Waals surface area contributed by atoms with Crippen LogP contribution in [0.3, 0.4) is 0 Å². The van der Waals surface area contributed by atoms with Crippen LogP contribution in [0.4, 0.5) is 5.69 Å². The van der Waals surface area contributed by atoms with Gasteiger partial charge < -0.3 is 20.1 Å². The molecule has 0 aromatic heterocycles. The van der Waals surface area contributed by atoms with Crippen molar-refractivity contribution in [2.45, 2.75) is 45.6 Å². The van der Waals surface area contributed by atoms with Crippen molar-refractivity contribution in [3.63, 3.8) is 0 Å². The molecule has 0 bridgehead atoms. The first kappa shape index (κ1) is 23.1. The fraction of sp³-hybridized carbons (Fsp3) is 0.417. The van der Waals surface area contributed by atoms with Gasteiger partial charge in [-0.25, -0.2) is 0 Å². The lowest BCUT2D eigenvalue weighted by atomic mass is 10.1. The summed E-state index contributed by atoms with van der Waals surface area (Å²) in [4.78, 5) is 25.1. The summed E-state index contributed by atoms with van der Waals surface area (Å²) in [6.07, 6.45) is 5.04. The third-order valence-electron chi connectivity index (χ3n) is 5.32. The molecule has 2 aromatic rings. The SMILES string of the molecule is CCCOc1c(Br)cc(C(=O)NCc2cccc(NC(=O)C3CCCC3)c2)cc1OC. The van der Waals surface area contributed by atoms with Gasteiger partial charge in [-0.3, -0.25) is 9.59 Å². The number of hydrogen-bond acceptors (Lipinski definition) is 4. The minimum absolute atomic E-state index is 0.0843. The van der Waals surface area contributed by atoms with Gasteiger partial charge in [0.1, 0.15) is 0 Å². The van der Waals surface area contributed by atoms with E-state index in [2.05, 4.69) is 26.6 Å².